The highest BCUT2D eigenvalue weighted by molar-refractivity contribution is 5.68. The standard InChI is InChI=1S/C29H42O10/c1-15-12-22(37-17(3)31)28(7)20(23(15)34)8-9-27(6)21-13-35-14-29(21,10-11-36-16(2)30)26(39-19(5)33)24(25(27)28)38-18(4)32/h12,20-26,34H,8-11,13-14H2,1-7H3/t20-,21-,22+,23?,24-,25?,26-,27-,28+,29-/m0/s1. The maximum atomic E-state index is 12.7. The number of hydrogen-bond donors (Lipinski definition) is 1. The van der Waals surface area contributed by atoms with Gasteiger partial charge in [0.25, 0.3) is 0 Å². The molecule has 0 radical (unpaired) electrons. The number of carbonyl (C=O) groups is 4. The van der Waals surface area contributed by atoms with E-state index in [0.717, 1.165) is 5.57 Å². The summed E-state index contributed by atoms with van der Waals surface area (Å²) in [6.07, 6.45) is 0.192. The fraction of sp³-hybridized carbons (Fsp3) is 0.793. The molecule has 0 bridgehead atoms. The van der Waals surface area contributed by atoms with Gasteiger partial charge in [0.2, 0.25) is 0 Å². The first-order chi connectivity index (χ1) is 18.2. The molecule has 2 unspecified atom stereocenters. The summed E-state index contributed by atoms with van der Waals surface area (Å²) in [5.41, 5.74) is -1.44. The van der Waals surface area contributed by atoms with Crippen LogP contribution in [-0.4, -0.2) is 73.2 Å². The van der Waals surface area contributed by atoms with Crippen molar-refractivity contribution in [1.82, 2.24) is 0 Å². The topological polar surface area (TPSA) is 135 Å². The Morgan fingerprint density at radius 2 is 1.64 bits per heavy atom. The van der Waals surface area contributed by atoms with Gasteiger partial charge in [-0.1, -0.05) is 13.8 Å². The largest absolute Gasteiger partial charge is 0.466 e. The Hall–Kier alpha value is -2.46. The van der Waals surface area contributed by atoms with Gasteiger partial charge >= 0.3 is 23.9 Å². The number of esters is 4. The van der Waals surface area contributed by atoms with Crippen molar-refractivity contribution in [3.05, 3.63) is 11.6 Å². The number of fused-ring (bicyclic) bond motifs is 5. The third kappa shape index (κ3) is 4.77. The zero-order chi connectivity index (χ0) is 28.9. The van der Waals surface area contributed by atoms with Crippen LogP contribution in [0.1, 0.15) is 67.7 Å². The third-order valence-electron chi connectivity index (χ3n) is 10.1. The molecule has 0 amide bonds. The molecule has 1 saturated heterocycles. The van der Waals surface area contributed by atoms with Crippen molar-refractivity contribution in [1.29, 1.82) is 0 Å². The van der Waals surface area contributed by atoms with Gasteiger partial charge in [0, 0.05) is 44.4 Å². The maximum absolute atomic E-state index is 12.7. The normalized spacial score (nSPS) is 42.7. The fourth-order valence-corrected chi connectivity index (χ4v) is 8.78. The minimum absolute atomic E-state index is 0.0944. The van der Waals surface area contributed by atoms with E-state index in [4.69, 9.17) is 23.7 Å². The van der Waals surface area contributed by atoms with Crippen molar-refractivity contribution < 1.29 is 48.0 Å². The quantitative estimate of drug-likeness (QED) is 0.299. The van der Waals surface area contributed by atoms with Gasteiger partial charge in [-0.05, 0) is 55.1 Å². The summed E-state index contributed by atoms with van der Waals surface area (Å²) in [6, 6.07) is 0. The molecule has 1 aliphatic heterocycles. The molecule has 10 atom stereocenters. The van der Waals surface area contributed by atoms with Gasteiger partial charge in [0.05, 0.1) is 25.9 Å². The van der Waals surface area contributed by atoms with Crippen LogP contribution in [-0.2, 0) is 42.9 Å². The molecule has 0 spiro atoms. The van der Waals surface area contributed by atoms with E-state index in [9.17, 15) is 24.3 Å². The second-order valence-corrected chi connectivity index (χ2v) is 12.4. The minimum Gasteiger partial charge on any atom is -0.466 e. The van der Waals surface area contributed by atoms with Gasteiger partial charge in [0.15, 0.2) is 0 Å². The molecular formula is C29H42O10. The molecule has 10 nitrogen and oxygen atoms in total. The molecule has 1 heterocycles. The Morgan fingerprint density at radius 3 is 2.23 bits per heavy atom. The van der Waals surface area contributed by atoms with Gasteiger partial charge in [-0.2, -0.15) is 0 Å². The molecule has 0 aromatic rings. The van der Waals surface area contributed by atoms with E-state index >= 15 is 0 Å². The summed E-state index contributed by atoms with van der Waals surface area (Å²) in [4.78, 5) is 49.1. The van der Waals surface area contributed by atoms with E-state index in [0.29, 0.717) is 25.9 Å². The number of hydrogen-bond acceptors (Lipinski definition) is 10. The Balaban J connectivity index is 1.94. The number of rotatable bonds is 6. The highest BCUT2D eigenvalue weighted by atomic mass is 16.6. The molecular weight excluding hydrogens is 508 g/mol. The first kappa shape index (κ1) is 29.5. The van der Waals surface area contributed by atoms with Gasteiger partial charge in [-0.25, -0.2) is 0 Å². The van der Waals surface area contributed by atoms with E-state index < -0.39 is 70.5 Å². The first-order valence-corrected chi connectivity index (χ1v) is 13.8. The Labute approximate surface area is 229 Å². The van der Waals surface area contributed by atoms with Crippen LogP contribution in [0.5, 0.6) is 0 Å². The van der Waals surface area contributed by atoms with Crippen molar-refractivity contribution in [3.63, 3.8) is 0 Å². The average Bonchev–Trinajstić information content (AvgIpc) is 3.25. The van der Waals surface area contributed by atoms with Crippen molar-refractivity contribution in [3.8, 4) is 0 Å². The van der Waals surface area contributed by atoms with Gasteiger partial charge in [0.1, 0.15) is 18.3 Å². The molecule has 4 aliphatic rings. The second-order valence-electron chi connectivity index (χ2n) is 12.4. The van der Waals surface area contributed by atoms with Gasteiger partial charge in [-0.15, -0.1) is 0 Å². The average molecular weight is 551 g/mol. The summed E-state index contributed by atoms with van der Waals surface area (Å²) in [5, 5.41) is 11.4. The van der Waals surface area contributed by atoms with Crippen LogP contribution >= 0.6 is 0 Å². The molecule has 1 N–H and O–H groups in total. The Kier molecular flexibility index (Phi) is 7.95. The molecule has 2 saturated carbocycles. The zero-order valence-electron chi connectivity index (χ0n) is 24.0. The predicted octanol–water partition coefficient (Wildman–Crippen LogP) is 2.74. The summed E-state index contributed by atoms with van der Waals surface area (Å²) in [5.74, 6) is -2.86. The Bertz CT molecular complexity index is 1050. The van der Waals surface area contributed by atoms with Crippen molar-refractivity contribution in [2.24, 2.45) is 34.0 Å². The second kappa shape index (κ2) is 10.5. The maximum Gasteiger partial charge on any atom is 0.303 e. The van der Waals surface area contributed by atoms with E-state index in [1.807, 2.05) is 13.8 Å². The Morgan fingerprint density at radius 1 is 1.00 bits per heavy atom. The predicted molar refractivity (Wildman–Crippen MR) is 137 cm³/mol. The van der Waals surface area contributed by atoms with Crippen LogP contribution in [0.25, 0.3) is 0 Å². The molecule has 39 heavy (non-hydrogen) atoms. The monoisotopic (exact) mass is 550 g/mol. The molecule has 218 valence electrons. The lowest BCUT2D eigenvalue weighted by Gasteiger charge is -2.68. The number of aliphatic hydroxyl groups is 1. The SMILES string of the molecule is CC(=O)OCC[C@]12COC[C@H]1[C@]1(C)CC[C@H]3C(O)C(C)=C[C@@H](OC(C)=O)[C@]3(C)C1[C@H](OC(C)=O)[C@@H]2OC(C)=O. The van der Waals surface area contributed by atoms with Gasteiger partial charge < -0.3 is 28.8 Å². The smallest absolute Gasteiger partial charge is 0.303 e. The number of aliphatic hydroxyl groups excluding tert-OH is 1. The molecule has 4 rings (SSSR count). The van der Waals surface area contributed by atoms with Crippen LogP contribution in [0, 0.1) is 34.0 Å². The lowest BCUT2D eigenvalue weighted by Crippen LogP contribution is -2.73. The lowest BCUT2D eigenvalue weighted by molar-refractivity contribution is -0.279. The van der Waals surface area contributed by atoms with Crippen LogP contribution in [0.15, 0.2) is 11.6 Å². The van der Waals surface area contributed by atoms with Crippen molar-refractivity contribution in [2.75, 3.05) is 19.8 Å². The summed E-state index contributed by atoms with van der Waals surface area (Å²) in [7, 11) is 0. The third-order valence-corrected chi connectivity index (χ3v) is 10.1. The molecule has 10 heteroatoms. The van der Waals surface area contributed by atoms with E-state index in [2.05, 4.69) is 6.92 Å². The highest BCUT2D eigenvalue weighted by Crippen LogP contribution is 2.71. The number of carbonyl (C=O) groups excluding carboxylic acids is 4. The first-order valence-electron chi connectivity index (χ1n) is 13.8. The van der Waals surface area contributed by atoms with E-state index in [-0.39, 0.29) is 25.0 Å². The highest BCUT2D eigenvalue weighted by Gasteiger charge is 2.75. The molecule has 0 aromatic heterocycles. The minimum atomic E-state index is -0.920. The van der Waals surface area contributed by atoms with Crippen molar-refractivity contribution in [2.45, 2.75) is 92.1 Å². The van der Waals surface area contributed by atoms with Crippen LogP contribution in [0.3, 0.4) is 0 Å². The summed E-state index contributed by atoms with van der Waals surface area (Å²) in [6.45, 7) is 12.0. The van der Waals surface area contributed by atoms with Crippen LogP contribution in [0.4, 0.5) is 0 Å². The molecule has 0 aromatic carbocycles. The summed E-state index contributed by atoms with van der Waals surface area (Å²) >= 11 is 0. The van der Waals surface area contributed by atoms with Crippen LogP contribution in [0.2, 0.25) is 0 Å². The molecule has 3 aliphatic carbocycles. The van der Waals surface area contributed by atoms with E-state index in [1.54, 1.807) is 6.08 Å². The number of ether oxygens (including phenoxy) is 5. The summed E-state index contributed by atoms with van der Waals surface area (Å²) < 4.78 is 29.5. The zero-order valence-corrected chi connectivity index (χ0v) is 24.0. The van der Waals surface area contributed by atoms with Crippen molar-refractivity contribution >= 4 is 23.9 Å². The van der Waals surface area contributed by atoms with E-state index in [1.165, 1.54) is 27.7 Å². The molecule has 3 fully saturated rings. The fourth-order valence-electron chi connectivity index (χ4n) is 8.78. The lowest BCUT2D eigenvalue weighted by atomic mass is 9.37. The van der Waals surface area contributed by atoms with Gasteiger partial charge in [-0.3, -0.25) is 19.2 Å². The van der Waals surface area contributed by atoms with Crippen LogP contribution < -0.4 is 0 Å².